The molecule has 2 aromatic carbocycles. The minimum atomic E-state index is -0.247. The van der Waals surface area contributed by atoms with Crippen LogP contribution in [0.5, 0.6) is 17.2 Å². The summed E-state index contributed by atoms with van der Waals surface area (Å²) in [5.41, 5.74) is 1.21. The van der Waals surface area contributed by atoms with Crippen LogP contribution >= 0.6 is 15.9 Å². The number of nitrogens with one attached hydrogen (secondary N) is 1. The molecular weight excluding hydrogens is 372 g/mol. The van der Waals surface area contributed by atoms with E-state index in [9.17, 15) is 4.79 Å². The molecule has 1 amide bonds. The summed E-state index contributed by atoms with van der Waals surface area (Å²) in [5.74, 6) is 1.41. The van der Waals surface area contributed by atoms with E-state index >= 15 is 0 Å². The van der Waals surface area contributed by atoms with Crippen molar-refractivity contribution in [3.8, 4) is 17.2 Å². The minimum Gasteiger partial charge on any atom is -0.497 e. The number of hydrogen-bond acceptors (Lipinski definition) is 4. The van der Waals surface area contributed by atoms with Gasteiger partial charge in [-0.25, -0.2) is 0 Å². The van der Waals surface area contributed by atoms with E-state index in [-0.39, 0.29) is 5.91 Å². The van der Waals surface area contributed by atoms with Crippen molar-refractivity contribution < 1.29 is 14.3 Å². The molecule has 6 heteroatoms. The number of nitrogens with zero attached hydrogens (tertiary/aromatic N) is 1. The van der Waals surface area contributed by atoms with Crippen molar-refractivity contribution in [1.82, 2.24) is 10.3 Å². The number of ether oxygens (including phenoxy) is 2. The van der Waals surface area contributed by atoms with Crippen LogP contribution in [0.2, 0.25) is 0 Å². The Bertz CT molecular complexity index is 912. The molecule has 3 aromatic rings. The van der Waals surface area contributed by atoms with Crippen LogP contribution in [0, 0.1) is 0 Å². The standard InChI is InChI=1S/C18H15BrN2O3/c1-20-18(22)14-10-12(23-2)4-6-16(14)24-17-7-8-21-15-5-3-11(19)9-13(15)17/h3-10H,1-2H3,(H,20,22). The van der Waals surface area contributed by atoms with Gasteiger partial charge in [-0.2, -0.15) is 0 Å². The molecule has 0 aliphatic rings. The lowest BCUT2D eigenvalue weighted by Crippen LogP contribution is -2.18. The fourth-order valence-corrected chi connectivity index (χ4v) is 2.70. The zero-order valence-electron chi connectivity index (χ0n) is 13.2. The maximum atomic E-state index is 12.1. The van der Waals surface area contributed by atoms with Crippen LogP contribution in [0.15, 0.2) is 53.1 Å². The third-order valence-electron chi connectivity index (χ3n) is 3.54. The third kappa shape index (κ3) is 3.19. The molecule has 0 radical (unpaired) electrons. The van der Waals surface area contributed by atoms with Gasteiger partial charge < -0.3 is 14.8 Å². The molecular formula is C18H15BrN2O3. The molecule has 1 aromatic heterocycles. The summed E-state index contributed by atoms with van der Waals surface area (Å²) >= 11 is 3.46. The van der Waals surface area contributed by atoms with Crippen LogP contribution in [0.1, 0.15) is 10.4 Å². The molecule has 0 atom stereocenters. The van der Waals surface area contributed by atoms with Gasteiger partial charge in [0, 0.05) is 23.1 Å². The van der Waals surface area contributed by atoms with Crippen molar-refractivity contribution in [2.45, 2.75) is 0 Å². The van der Waals surface area contributed by atoms with E-state index in [1.54, 1.807) is 44.6 Å². The topological polar surface area (TPSA) is 60.5 Å². The smallest absolute Gasteiger partial charge is 0.254 e. The number of amides is 1. The van der Waals surface area contributed by atoms with Gasteiger partial charge in [-0.05, 0) is 42.5 Å². The van der Waals surface area contributed by atoms with Crippen molar-refractivity contribution in [1.29, 1.82) is 0 Å². The average Bonchev–Trinajstić information content (AvgIpc) is 2.61. The van der Waals surface area contributed by atoms with Gasteiger partial charge in [0.1, 0.15) is 17.2 Å². The van der Waals surface area contributed by atoms with Gasteiger partial charge in [-0.1, -0.05) is 15.9 Å². The predicted molar refractivity (Wildman–Crippen MR) is 95.9 cm³/mol. The number of benzene rings is 2. The largest absolute Gasteiger partial charge is 0.497 e. The minimum absolute atomic E-state index is 0.247. The summed E-state index contributed by atoms with van der Waals surface area (Å²) in [5, 5.41) is 3.46. The molecule has 3 rings (SSSR count). The van der Waals surface area contributed by atoms with Crippen LogP contribution in [-0.4, -0.2) is 25.0 Å². The lowest BCUT2D eigenvalue weighted by atomic mass is 10.1. The maximum Gasteiger partial charge on any atom is 0.254 e. The summed E-state index contributed by atoms with van der Waals surface area (Å²) in [4.78, 5) is 16.5. The van der Waals surface area contributed by atoms with Gasteiger partial charge in [0.2, 0.25) is 0 Å². The van der Waals surface area contributed by atoms with Gasteiger partial charge in [-0.15, -0.1) is 0 Å². The fraction of sp³-hybridized carbons (Fsp3) is 0.111. The van der Waals surface area contributed by atoms with Crippen molar-refractivity contribution in [3.05, 3.63) is 58.7 Å². The summed E-state index contributed by atoms with van der Waals surface area (Å²) in [7, 11) is 3.13. The molecule has 0 unspecified atom stereocenters. The zero-order valence-corrected chi connectivity index (χ0v) is 14.8. The van der Waals surface area contributed by atoms with Crippen molar-refractivity contribution in [3.63, 3.8) is 0 Å². The molecule has 0 aliphatic heterocycles. The van der Waals surface area contributed by atoms with Gasteiger partial charge in [0.15, 0.2) is 0 Å². The number of rotatable bonds is 4. The summed E-state index contributed by atoms with van der Waals surface area (Å²) in [6.45, 7) is 0. The first-order valence-electron chi connectivity index (χ1n) is 7.24. The Kier molecular flexibility index (Phi) is 4.66. The van der Waals surface area contributed by atoms with Gasteiger partial charge in [-0.3, -0.25) is 9.78 Å². The number of hydrogen-bond donors (Lipinski definition) is 1. The van der Waals surface area contributed by atoms with Crippen molar-refractivity contribution in [2.75, 3.05) is 14.2 Å². The monoisotopic (exact) mass is 386 g/mol. The van der Waals surface area contributed by atoms with Crippen LogP contribution in [-0.2, 0) is 0 Å². The Morgan fingerprint density at radius 1 is 1.12 bits per heavy atom. The van der Waals surface area contributed by atoms with Crippen molar-refractivity contribution in [2.24, 2.45) is 0 Å². The molecule has 24 heavy (non-hydrogen) atoms. The highest BCUT2D eigenvalue weighted by Crippen LogP contribution is 2.33. The third-order valence-corrected chi connectivity index (χ3v) is 4.04. The molecule has 0 spiro atoms. The normalized spacial score (nSPS) is 10.5. The highest BCUT2D eigenvalue weighted by atomic mass is 79.9. The molecule has 122 valence electrons. The number of aromatic nitrogens is 1. The van der Waals surface area contributed by atoms with Crippen LogP contribution in [0.3, 0.4) is 0 Å². The van der Waals surface area contributed by atoms with E-state index in [0.29, 0.717) is 22.8 Å². The number of carbonyl (C=O) groups excluding carboxylic acids is 1. The van der Waals surface area contributed by atoms with Gasteiger partial charge in [0.05, 0.1) is 18.2 Å². The number of fused-ring (bicyclic) bond motifs is 1. The first-order valence-corrected chi connectivity index (χ1v) is 8.04. The predicted octanol–water partition coefficient (Wildman–Crippen LogP) is 4.16. The Morgan fingerprint density at radius 3 is 2.71 bits per heavy atom. The second-order valence-corrected chi connectivity index (χ2v) is 5.93. The van der Waals surface area contributed by atoms with E-state index in [1.165, 1.54) is 0 Å². The number of methoxy groups -OCH3 is 1. The van der Waals surface area contributed by atoms with Crippen molar-refractivity contribution >= 4 is 32.7 Å². The number of halogens is 1. The Morgan fingerprint density at radius 2 is 1.96 bits per heavy atom. The lowest BCUT2D eigenvalue weighted by Gasteiger charge is -2.13. The maximum absolute atomic E-state index is 12.1. The number of carbonyl (C=O) groups is 1. The molecule has 0 fully saturated rings. The molecule has 5 nitrogen and oxygen atoms in total. The summed E-state index contributed by atoms with van der Waals surface area (Å²) in [6.07, 6.45) is 1.68. The van der Waals surface area contributed by atoms with E-state index in [0.717, 1.165) is 15.4 Å². The lowest BCUT2D eigenvalue weighted by molar-refractivity contribution is 0.0960. The molecule has 0 saturated heterocycles. The highest BCUT2D eigenvalue weighted by molar-refractivity contribution is 9.10. The van der Waals surface area contributed by atoms with Gasteiger partial charge in [0.25, 0.3) is 5.91 Å². The molecule has 1 N–H and O–H groups in total. The van der Waals surface area contributed by atoms with Gasteiger partial charge >= 0.3 is 0 Å². The quantitative estimate of drug-likeness (QED) is 0.731. The van der Waals surface area contributed by atoms with E-state index < -0.39 is 0 Å². The van der Waals surface area contributed by atoms with E-state index in [1.807, 2.05) is 18.2 Å². The summed E-state index contributed by atoms with van der Waals surface area (Å²) < 4.78 is 12.1. The van der Waals surface area contributed by atoms with Crippen LogP contribution < -0.4 is 14.8 Å². The fourth-order valence-electron chi connectivity index (χ4n) is 2.34. The van der Waals surface area contributed by atoms with E-state index in [4.69, 9.17) is 9.47 Å². The Labute approximate surface area is 147 Å². The van der Waals surface area contributed by atoms with Crippen LogP contribution in [0.25, 0.3) is 10.9 Å². The molecule has 0 bridgehead atoms. The first-order chi connectivity index (χ1) is 11.6. The Balaban J connectivity index is 2.08. The molecule has 0 aliphatic carbocycles. The second-order valence-electron chi connectivity index (χ2n) is 5.01. The first kappa shape index (κ1) is 16.3. The van der Waals surface area contributed by atoms with Crippen LogP contribution in [0.4, 0.5) is 0 Å². The second kappa shape index (κ2) is 6.88. The molecule has 0 saturated carbocycles. The molecule has 1 heterocycles. The highest BCUT2D eigenvalue weighted by Gasteiger charge is 2.15. The SMILES string of the molecule is CNC(=O)c1cc(OC)ccc1Oc1ccnc2ccc(Br)cc12. The zero-order chi connectivity index (χ0) is 17.1. The Hall–Kier alpha value is -2.60. The average molecular weight is 387 g/mol. The number of pyridine rings is 1. The summed E-state index contributed by atoms with van der Waals surface area (Å²) in [6, 6.07) is 12.6. The van der Waals surface area contributed by atoms with E-state index in [2.05, 4.69) is 26.2 Å².